The topological polar surface area (TPSA) is 76.7 Å². The van der Waals surface area contributed by atoms with E-state index in [2.05, 4.69) is 40.2 Å². The normalized spacial score (nSPS) is 11.1. The Labute approximate surface area is 124 Å². The molecule has 0 amide bonds. The molecule has 0 spiro atoms. The fraction of sp³-hybridized carbons (Fsp3) is 0.308. The summed E-state index contributed by atoms with van der Waals surface area (Å²) in [6, 6.07) is 2.13. The minimum absolute atomic E-state index is 0.305. The van der Waals surface area contributed by atoms with Gasteiger partial charge in [-0.3, -0.25) is 0 Å². The van der Waals surface area contributed by atoms with Crippen molar-refractivity contribution in [3.05, 3.63) is 27.0 Å². The average Bonchev–Trinajstić information content (AvgIpc) is 3.01. The van der Waals surface area contributed by atoms with Gasteiger partial charge in [0, 0.05) is 16.0 Å². The van der Waals surface area contributed by atoms with Crippen molar-refractivity contribution in [2.75, 3.05) is 11.1 Å². The van der Waals surface area contributed by atoms with Gasteiger partial charge < -0.3 is 11.1 Å². The van der Waals surface area contributed by atoms with E-state index in [9.17, 15) is 0 Å². The molecule has 0 atom stereocenters. The van der Waals surface area contributed by atoms with Gasteiger partial charge in [-0.25, -0.2) is 9.97 Å². The highest BCUT2D eigenvalue weighted by Gasteiger charge is 2.10. The van der Waals surface area contributed by atoms with Gasteiger partial charge in [-0.1, -0.05) is 6.92 Å². The van der Waals surface area contributed by atoms with Crippen molar-refractivity contribution in [2.24, 2.45) is 0 Å². The van der Waals surface area contributed by atoms with Crippen molar-refractivity contribution in [1.82, 2.24) is 15.0 Å². The number of hydrogen-bond donors (Lipinski definition) is 2. The Kier molecular flexibility index (Phi) is 3.54. The molecule has 0 saturated carbocycles. The van der Waals surface area contributed by atoms with Gasteiger partial charge in [-0.05, 0) is 19.4 Å². The van der Waals surface area contributed by atoms with Crippen molar-refractivity contribution in [3.8, 4) is 0 Å². The van der Waals surface area contributed by atoms with Crippen LogP contribution in [0.2, 0.25) is 0 Å². The lowest BCUT2D eigenvalue weighted by molar-refractivity contribution is 1.08. The highest BCUT2D eigenvalue weighted by molar-refractivity contribution is 7.18. The van der Waals surface area contributed by atoms with Crippen molar-refractivity contribution < 1.29 is 0 Å². The first-order valence-corrected chi connectivity index (χ1v) is 8.00. The molecule has 3 heterocycles. The minimum Gasteiger partial charge on any atom is -0.368 e. The predicted octanol–water partition coefficient (Wildman–Crippen LogP) is 3.21. The fourth-order valence-electron chi connectivity index (χ4n) is 1.94. The van der Waals surface area contributed by atoms with Gasteiger partial charge in [-0.2, -0.15) is 4.98 Å². The Morgan fingerprint density at radius 1 is 1.30 bits per heavy atom. The molecule has 20 heavy (non-hydrogen) atoms. The molecule has 5 nitrogen and oxygen atoms in total. The van der Waals surface area contributed by atoms with Gasteiger partial charge in [-0.15, -0.1) is 22.7 Å². The standard InChI is InChI=1S/C13H15N5S2/c1-3-8-4-9-11(17-13(14)18-12(9)20-8)16-6-10-15-5-7(2)19-10/h4-5H,3,6H2,1-2H3,(H3,14,16,17,18). The Morgan fingerprint density at radius 3 is 2.85 bits per heavy atom. The monoisotopic (exact) mass is 305 g/mol. The summed E-state index contributed by atoms with van der Waals surface area (Å²) < 4.78 is 0. The molecule has 3 aromatic heterocycles. The van der Waals surface area contributed by atoms with Gasteiger partial charge in [0.2, 0.25) is 5.95 Å². The molecule has 0 bridgehead atoms. The van der Waals surface area contributed by atoms with Crippen LogP contribution in [-0.4, -0.2) is 15.0 Å². The number of aryl methyl sites for hydroxylation is 2. The average molecular weight is 305 g/mol. The molecular weight excluding hydrogens is 290 g/mol. The molecule has 0 aliphatic rings. The van der Waals surface area contributed by atoms with E-state index in [-0.39, 0.29) is 0 Å². The Bertz CT molecular complexity index is 746. The maximum atomic E-state index is 5.78. The van der Waals surface area contributed by atoms with Gasteiger partial charge in [0.25, 0.3) is 0 Å². The van der Waals surface area contributed by atoms with E-state index < -0.39 is 0 Å². The van der Waals surface area contributed by atoms with Crippen molar-refractivity contribution >= 4 is 44.7 Å². The summed E-state index contributed by atoms with van der Waals surface area (Å²) in [7, 11) is 0. The zero-order chi connectivity index (χ0) is 14.1. The van der Waals surface area contributed by atoms with Gasteiger partial charge in [0.1, 0.15) is 15.7 Å². The van der Waals surface area contributed by atoms with Gasteiger partial charge in [0.15, 0.2) is 0 Å². The van der Waals surface area contributed by atoms with Crippen LogP contribution in [0.5, 0.6) is 0 Å². The number of fused-ring (bicyclic) bond motifs is 1. The van der Waals surface area contributed by atoms with Crippen LogP contribution in [0.3, 0.4) is 0 Å². The fourth-order valence-corrected chi connectivity index (χ4v) is 3.64. The lowest BCUT2D eigenvalue weighted by Crippen LogP contribution is -2.04. The Hall–Kier alpha value is -1.73. The van der Waals surface area contributed by atoms with E-state index in [4.69, 9.17) is 5.73 Å². The molecule has 0 aromatic carbocycles. The molecule has 0 unspecified atom stereocenters. The van der Waals surface area contributed by atoms with Gasteiger partial charge in [0.05, 0.1) is 11.9 Å². The van der Waals surface area contributed by atoms with Crippen molar-refractivity contribution in [1.29, 1.82) is 0 Å². The summed E-state index contributed by atoms with van der Waals surface area (Å²) in [5, 5.41) is 5.40. The van der Waals surface area contributed by atoms with E-state index >= 15 is 0 Å². The molecule has 0 radical (unpaired) electrons. The highest BCUT2D eigenvalue weighted by atomic mass is 32.1. The lowest BCUT2D eigenvalue weighted by atomic mass is 10.3. The summed E-state index contributed by atoms with van der Waals surface area (Å²) in [5.74, 6) is 1.09. The van der Waals surface area contributed by atoms with Crippen LogP contribution < -0.4 is 11.1 Å². The third kappa shape index (κ3) is 2.59. The van der Waals surface area contributed by atoms with Gasteiger partial charge >= 0.3 is 0 Å². The number of hydrogen-bond acceptors (Lipinski definition) is 7. The second kappa shape index (κ2) is 5.34. The minimum atomic E-state index is 0.305. The summed E-state index contributed by atoms with van der Waals surface area (Å²) >= 11 is 3.35. The molecule has 3 N–H and O–H groups in total. The van der Waals surface area contributed by atoms with Crippen molar-refractivity contribution in [2.45, 2.75) is 26.8 Å². The third-order valence-electron chi connectivity index (χ3n) is 2.89. The predicted molar refractivity (Wildman–Crippen MR) is 85.4 cm³/mol. The van der Waals surface area contributed by atoms with Crippen LogP contribution in [0, 0.1) is 6.92 Å². The number of nitrogens with one attached hydrogen (secondary N) is 1. The first-order valence-electron chi connectivity index (χ1n) is 6.37. The number of nitrogen functional groups attached to an aromatic ring is 1. The maximum Gasteiger partial charge on any atom is 0.223 e. The number of anilines is 2. The first-order chi connectivity index (χ1) is 9.65. The van der Waals surface area contributed by atoms with E-state index in [1.165, 1.54) is 9.75 Å². The summed E-state index contributed by atoms with van der Waals surface area (Å²) in [6.45, 7) is 4.84. The van der Waals surface area contributed by atoms with Crippen LogP contribution in [0.4, 0.5) is 11.8 Å². The second-order valence-electron chi connectivity index (χ2n) is 4.43. The van der Waals surface area contributed by atoms with Crippen LogP contribution in [0.25, 0.3) is 10.2 Å². The molecule has 104 valence electrons. The molecule has 0 aliphatic heterocycles. The van der Waals surface area contributed by atoms with Crippen molar-refractivity contribution in [3.63, 3.8) is 0 Å². The van der Waals surface area contributed by atoms with E-state index in [0.29, 0.717) is 12.5 Å². The lowest BCUT2D eigenvalue weighted by Gasteiger charge is -2.05. The van der Waals surface area contributed by atoms with Crippen LogP contribution in [0.15, 0.2) is 12.3 Å². The quantitative estimate of drug-likeness (QED) is 0.774. The van der Waals surface area contributed by atoms with E-state index in [0.717, 1.165) is 27.5 Å². The largest absolute Gasteiger partial charge is 0.368 e. The van der Waals surface area contributed by atoms with Crippen LogP contribution >= 0.6 is 22.7 Å². The molecule has 0 fully saturated rings. The highest BCUT2D eigenvalue weighted by Crippen LogP contribution is 2.30. The number of thiophene rings is 1. The summed E-state index contributed by atoms with van der Waals surface area (Å²) in [6.07, 6.45) is 2.87. The SMILES string of the molecule is CCc1cc2c(NCc3ncc(C)s3)nc(N)nc2s1. The number of rotatable bonds is 4. The zero-order valence-corrected chi connectivity index (χ0v) is 12.9. The molecule has 3 rings (SSSR count). The maximum absolute atomic E-state index is 5.78. The number of thiazole rings is 1. The Balaban J connectivity index is 1.91. The van der Waals surface area contributed by atoms with E-state index in [1.54, 1.807) is 22.7 Å². The molecular formula is C13H15N5S2. The van der Waals surface area contributed by atoms with E-state index in [1.807, 2.05) is 6.20 Å². The first kappa shape index (κ1) is 13.3. The number of nitrogens with zero attached hydrogens (tertiary/aromatic N) is 3. The Morgan fingerprint density at radius 2 is 2.15 bits per heavy atom. The molecule has 0 aliphatic carbocycles. The zero-order valence-electron chi connectivity index (χ0n) is 11.3. The second-order valence-corrected chi connectivity index (χ2v) is 6.87. The smallest absolute Gasteiger partial charge is 0.223 e. The molecule has 3 aromatic rings. The summed E-state index contributed by atoms with van der Waals surface area (Å²) in [5.41, 5.74) is 5.78. The summed E-state index contributed by atoms with van der Waals surface area (Å²) in [4.78, 5) is 16.4. The van der Waals surface area contributed by atoms with Crippen LogP contribution in [-0.2, 0) is 13.0 Å². The molecule has 0 saturated heterocycles. The molecule has 7 heteroatoms. The third-order valence-corrected chi connectivity index (χ3v) is 4.97. The number of aromatic nitrogens is 3. The number of nitrogens with two attached hydrogens (primary N) is 1. The van der Waals surface area contributed by atoms with Crippen LogP contribution in [0.1, 0.15) is 21.7 Å².